The maximum Gasteiger partial charge on any atom is 0.226 e. The summed E-state index contributed by atoms with van der Waals surface area (Å²) in [7, 11) is 3.81. The largest absolute Gasteiger partial charge is 0.338 e. The number of amides is 1. The number of nitrogens with zero attached hydrogens (tertiary/aromatic N) is 3. The van der Waals surface area contributed by atoms with Crippen molar-refractivity contribution >= 4 is 5.91 Å². The molecule has 0 aliphatic carbocycles. The molecule has 0 N–H and O–H groups in total. The highest BCUT2D eigenvalue weighted by Crippen LogP contribution is 2.20. The number of aromatic nitrogens is 2. The second-order valence-corrected chi connectivity index (χ2v) is 6.19. The van der Waals surface area contributed by atoms with Gasteiger partial charge in [-0.1, -0.05) is 44.2 Å². The normalized spacial score (nSPS) is 12.4. The second-order valence-electron chi connectivity index (χ2n) is 6.19. The average Bonchev–Trinajstić information content (AvgIpc) is 2.90. The van der Waals surface area contributed by atoms with Crippen molar-refractivity contribution in [3.05, 3.63) is 54.1 Å². The fourth-order valence-electron chi connectivity index (χ4n) is 2.60. The van der Waals surface area contributed by atoms with Crippen LogP contribution in [0.2, 0.25) is 0 Å². The van der Waals surface area contributed by atoms with Gasteiger partial charge in [-0.3, -0.25) is 4.79 Å². The van der Waals surface area contributed by atoms with Crippen molar-refractivity contribution in [1.29, 1.82) is 0 Å². The summed E-state index contributed by atoms with van der Waals surface area (Å²) in [4.78, 5) is 18.9. The average molecular weight is 299 g/mol. The molecule has 0 bridgehead atoms. The van der Waals surface area contributed by atoms with Crippen LogP contribution in [0.15, 0.2) is 42.7 Å². The Kier molecular flexibility index (Phi) is 5.36. The summed E-state index contributed by atoms with van der Waals surface area (Å²) < 4.78 is 1.95. The van der Waals surface area contributed by atoms with E-state index in [2.05, 4.69) is 31.0 Å². The molecule has 1 heterocycles. The molecular weight excluding hydrogens is 274 g/mol. The van der Waals surface area contributed by atoms with Gasteiger partial charge < -0.3 is 9.47 Å². The lowest BCUT2D eigenvalue weighted by molar-refractivity contribution is -0.136. The van der Waals surface area contributed by atoms with Crippen molar-refractivity contribution in [3.63, 3.8) is 0 Å². The summed E-state index contributed by atoms with van der Waals surface area (Å²) in [6.45, 7) is 4.76. The van der Waals surface area contributed by atoms with Gasteiger partial charge in [0, 0.05) is 32.4 Å². The Hall–Kier alpha value is -2.10. The smallest absolute Gasteiger partial charge is 0.226 e. The summed E-state index contributed by atoms with van der Waals surface area (Å²) in [5.74, 6) is 1.38. The minimum Gasteiger partial charge on any atom is -0.338 e. The molecule has 1 aromatic heterocycles. The number of benzene rings is 1. The van der Waals surface area contributed by atoms with E-state index in [0.29, 0.717) is 12.5 Å². The van der Waals surface area contributed by atoms with Gasteiger partial charge >= 0.3 is 0 Å². The highest BCUT2D eigenvalue weighted by molar-refractivity contribution is 5.79. The maximum atomic E-state index is 12.8. The van der Waals surface area contributed by atoms with E-state index in [0.717, 1.165) is 12.2 Å². The second kappa shape index (κ2) is 7.25. The van der Waals surface area contributed by atoms with Crippen LogP contribution in [-0.2, 0) is 24.8 Å². The van der Waals surface area contributed by atoms with Crippen LogP contribution < -0.4 is 0 Å². The van der Waals surface area contributed by atoms with E-state index in [1.54, 1.807) is 11.1 Å². The molecule has 4 heteroatoms. The molecule has 0 fully saturated rings. The van der Waals surface area contributed by atoms with Crippen molar-refractivity contribution in [1.82, 2.24) is 14.5 Å². The lowest BCUT2D eigenvalue weighted by Crippen LogP contribution is -2.36. The minimum atomic E-state index is -0.00679. The molecule has 2 aromatic rings. The van der Waals surface area contributed by atoms with E-state index in [9.17, 15) is 4.79 Å². The highest BCUT2D eigenvalue weighted by Gasteiger charge is 2.26. The molecule has 0 aliphatic rings. The van der Waals surface area contributed by atoms with Crippen LogP contribution in [0.4, 0.5) is 0 Å². The van der Waals surface area contributed by atoms with Crippen LogP contribution in [0, 0.1) is 11.8 Å². The van der Waals surface area contributed by atoms with E-state index < -0.39 is 0 Å². The van der Waals surface area contributed by atoms with E-state index in [1.165, 1.54) is 5.56 Å². The molecule has 1 aromatic carbocycles. The molecule has 0 saturated carbocycles. The van der Waals surface area contributed by atoms with Crippen molar-refractivity contribution in [2.45, 2.75) is 26.8 Å². The van der Waals surface area contributed by atoms with Crippen LogP contribution in [0.5, 0.6) is 0 Å². The monoisotopic (exact) mass is 299 g/mol. The SMILES string of the molecule is CC(C)[C@H](Cc1ccccc1)C(=O)N(C)Cc1nccn1C. The van der Waals surface area contributed by atoms with Gasteiger partial charge in [-0.15, -0.1) is 0 Å². The first kappa shape index (κ1) is 16.3. The molecule has 0 spiro atoms. The highest BCUT2D eigenvalue weighted by atomic mass is 16.2. The standard InChI is InChI=1S/C18H25N3O/c1-14(2)16(12-15-8-6-5-7-9-15)18(22)21(4)13-17-19-10-11-20(17)3/h5-11,14,16H,12-13H2,1-4H3/t16-/m0/s1. The molecule has 1 atom stereocenters. The van der Waals surface area contributed by atoms with Gasteiger partial charge in [0.15, 0.2) is 0 Å². The third kappa shape index (κ3) is 3.97. The summed E-state index contributed by atoms with van der Waals surface area (Å²) in [6, 6.07) is 10.2. The van der Waals surface area contributed by atoms with Crippen LogP contribution in [0.3, 0.4) is 0 Å². The number of hydrogen-bond acceptors (Lipinski definition) is 2. The topological polar surface area (TPSA) is 38.1 Å². The lowest BCUT2D eigenvalue weighted by atomic mass is 9.88. The third-order valence-corrected chi connectivity index (χ3v) is 4.10. The Balaban J connectivity index is 2.07. The first-order valence-corrected chi connectivity index (χ1v) is 7.74. The number of carbonyl (C=O) groups is 1. The van der Waals surface area contributed by atoms with Gasteiger partial charge in [-0.25, -0.2) is 4.98 Å². The molecule has 4 nitrogen and oxygen atoms in total. The van der Waals surface area contributed by atoms with Gasteiger partial charge in [0.05, 0.1) is 6.54 Å². The minimum absolute atomic E-state index is 0.00679. The van der Waals surface area contributed by atoms with Crippen molar-refractivity contribution < 1.29 is 4.79 Å². The number of imidazole rings is 1. The number of aryl methyl sites for hydroxylation is 1. The molecule has 0 unspecified atom stereocenters. The number of carbonyl (C=O) groups excluding carboxylic acids is 1. The first-order valence-electron chi connectivity index (χ1n) is 7.74. The number of hydrogen-bond donors (Lipinski definition) is 0. The summed E-state index contributed by atoms with van der Waals surface area (Å²) >= 11 is 0. The summed E-state index contributed by atoms with van der Waals surface area (Å²) in [5.41, 5.74) is 1.21. The molecule has 0 saturated heterocycles. The zero-order chi connectivity index (χ0) is 16.1. The fourth-order valence-corrected chi connectivity index (χ4v) is 2.60. The predicted octanol–water partition coefficient (Wildman–Crippen LogP) is 2.89. The van der Waals surface area contributed by atoms with E-state index in [4.69, 9.17) is 0 Å². The van der Waals surface area contributed by atoms with Crippen molar-refractivity contribution in [3.8, 4) is 0 Å². The Bertz CT molecular complexity index is 604. The Morgan fingerprint density at radius 1 is 1.27 bits per heavy atom. The molecular formula is C18H25N3O. The van der Waals surface area contributed by atoms with Crippen molar-refractivity contribution in [2.24, 2.45) is 18.9 Å². The molecule has 2 rings (SSSR count). The van der Waals surface area contributed by atoms with Gasteiger partial charge in [-0.2, -0.15) is 0 Å². The van der Waals surface area contributed by atoms with E-state index in [-0.39, 0.29) is 11.8 Å². The third-order valence-electron chi connectivity index (χ3n) is 4.10. The summed E-state index contributed by atoms with van der Waals surface area (Å²) in [5, 5.41) is 0. The van der Waals surface area contributed by atoms with Gasteiger partial charge in [-0.05, 0) is 17.9 Å². The fraction of sp³-hybridized carbons (Fsp3) is 0.444. The maximum absolute atomic E-state index is 12.8. The molecule has 0 aliphatic heterocycles. The lowest BCUT2D eigenvalue weighted by Gasteiger charge is -2.26. The quantitative estimate of drug-likeness (QED) is 0.822. The number of rotatable bonds is 6. The van der Waals surface area contributed by atoms with Gasteiger partial charge in [0.1, 0.15) is 5.82 Å². The molecule has 0 radical (unpaired) electrons. The van der Waals surface area contributed by atoms with Crippen LogP contribution in [0.1, 0.15) is 25.2 Å². The molecule has 22 heavy (non-hydrogen) atoms. The Morgan fingerprint density at radius 3 is 2.50 bits per heavy atom. The van der Waals surface area contributed by atoms with Crippen LogP contribution in [0.25, 0.3) is 0 Å². The molecule has 118 valence electrons. The predicted molar refractivity (Wildman–Crippen MR) is 88.2 cm³/mol. The Morgan fingerprint density at radius 2 is 1.95 bits per heavy atom. The summed E-state index contributed by atoms with van der Waals surface area (Å²) in [6.07, 6.45) is 4.44. The zero-order valence-electron chi connectivity index (χ0n) is 13.9. The van der Waals surface area contributed by atoms with E-state index in [1.807, 2.05) is 43.1 Å². The Labute approximate surface area is 132 Å². The van der Waals surface area contributed by atoms with Gasteiger partial charge in [0.2, 0.25) is 5.91 Å². The van der Waals surface area contributed by atoms with E-state index >= 15 is 0 Å². The van der Waals surface area contributed by atoms with Gasteiger partial charge in [0.25, 0.3) is 0 Å². The molecule has 1 amide bonds. The van der Waals surface area contributed by atoms with Crippen molar-refractivity contribution in [2.75, 3.05) is 7.05 Å². The van der Waals surface area contributed by atoms with Crippen LogP contribution in [-0.4, -0.2) is 27.4 Å². The first-order chi connectivity index (χ1) is 10.5. The zero-order valence-corrected chi connectivity index (χ0v) is 13.9. The van der Waals surface area contributed by atoms with Crippen LogP contribution >= 0.6 is 0 Å².